The third-order valence-electron chi connectivity index (χ3n) is 12.0. The average Bonchev–Trinajstić information content (AvgIpc) is 3.39. The SMILES string of the molecule is CC/C=C\C/C=C\C/C=C\C/C=C\CCCCCCC(=O)OCC(COP(=O)(O)OCC(CO)OC(=O)CCCCCCCCCCCCCCC)OC(=O)CCCCCC/C=C\C/C=C\C/C=C\C/C=C\CC. The Hall–Kier alpha value is -3.60. The molecule has 0 bridgehead atoms. The van der Waals surface area contributed by atoms with Crippen molar-refractivity contribution in [1.82, 2.24) is 0 Å². The second-order valence-corrected chi connectivity index (χ2v) is 20.5. The normalized spacial score (nSPS) is 14.1. The van der Waals surface area contributed by atoms with Gasteiger partial charge in [0.25, 0.3) is 0 Å². The fourth-order valence-corrected chi connectivity index (χ4v) is 8.42. The zero-order chi connectivity index (χ0) is 54.1. The van der Waals surface area contributed by atoms with Crippen molar-refractivity contribution in [2.75, 3.05) is 26.4 Å². The molecule has 0 aliphatic carbocycles. The molecule has 0 aromatic carbocycles. The number of allylic oxidation sites excluding steroid dienone is 16. The summed E-state index contributed by atoms with van der Waals surface area (Å²) >= 11 is 0. The van der Waals surface area contributed by atoms with Gasteiger partial charge in [-0.3, -0.25) is 23.4 Å². The molecule has 424 valence electrons. The van der Waals surface area contributed by atoms with Gasteiger partial charge in [0.15, 0.2) is 6.10 Å². The Labute approximate surface area is 451 Å². The molecule has 0 rings (SSSR count). The van der Waals surface area contributed by atoms with Crippen molar-refractivity contribution in [3.63, 3.8) is 0 Å². The zero-order valence-corrected chi connectivity index (χ0v) is 47.7. The molecule has 12 heteroatoms. The van der Waals surface area contributed by atoms with Crippen LogP contribution in [0, 0.1) is 0 Å². The number of hydrogen-bond acceptors (Lipinski definition) is 10. The van der Waals surface area contributed by atoms with Crippen LogP contribution >= 0.6 is 7.82 Å². The van der Waals surface area contributed by atoms with Gasteiger partial charge in [-0.2, -0.15) is 0 Å². The molecule has 0 heterocycles. The maximum absolute atomic E-state index is 12.9. The van der Waals surface area contributed by atoms with Gasteiger partial charge < -0.3 is 24.2 Å². The second-order valence-electron chi connectivity index (χ2n) is 19.0. The number of rotatable bonds is 53. The van der Waals surface area contributed by atoms with E-state index in [1.165, 1.54) is 57.8 Å². The first kappa shape index (κ1) is 70.4. The number of carbonyl (C=O) groups is 3. The highest BCUT2D eigenvalue weighted by atomic mass is 31.2. The number of phosphoric ester groups is 1. The zero-order valence-electron chi connectivity index (χ0n) is 46.8. The highest BCUT2D eigenvalue weighted by Crippen LogP contribution is 2.43. The second kappa shape index (κ2) is 55.6. The first-order valence-electron chi connectivity index (χ1n) is 29.1. The van der Waals surface area contributed by atoms with Gasteiger partial charge in [-0.25, -0.2) is 4.57 Å². The van der Waals surface area contributed by atoms with Crippen molar-refractivity contribution in [2.45, 2.75) is 251 Å². The first-order valence-corrected chi connectivity index (χ1v) is 30.6. The molecule has 11 nitrogen and oxygen atoms in total. The van der Waals surface area contributed by atoms with E-state index in [1.807, 2.05) is 0 Å². The number of unbranched alkanes of at least 4 members (excludes halogenated alkanes) is 20. The molecule has 3 atom stereocenters. The Morgan fingerprint density at radius 1 is 0.392 bits per heavy atom. The van der Waals surface area contributed by atoms with Gasteiger partial charge >= 0.3 is 25.7 Å². The number of esters is 3. The van der Waals surface area contributed by atoms with Crippen LogP contribution in [0.2, 0.25) is 0 Å². The fourth-order valence-electron chi connectivity index (χ4n) is 7.63. The Morgan fingerprint density at radius 3 is 1.08 bits per heavy atom. The van der Waals surface area contributed by atoms with E-state index < -0.39 is 57.8 Å². The monoisotopic (exact) mass is 1060 g/mol. The molecule has 74 heavy (non-hydrogen) atoms. The fraction of sp³-hybridized carbons (Fsp3) is 0.694. The van der Waals surface area contributed by atoms with E-state index in [4.69, 9.17) is 23.3 Å². The van der Waals surface area contributed by atoms with Crippen LogP contribution in [0.4, 0.5) is 0 Å². The summed E-state index contributed by atoms with van der Waals surface area (Å²) in [5.74, 6) is -1.52. The third-order valence-corrected chi connectivity index (χ3v) is 13.0. The Morgan fingerprint density at radius 2 is 0.703 bits per heavy atom. The lowest BCUT2D eigenvalue weighted by molar-refractivity contribution is -0.161. The van der Waals surface area contributed by atoms with Crippen molar-refractivity contribution in [2.24, 2.45) is 0 Å². The van der Waals surface area contributed by atoms with Crippen molar-refractivity contribution < 1.29 is 52.2 Å². The summed E-state index contributed by atoms with van der Waals surface area (Å²) in [4.78, 5) is 48.6. The van der Waals surface area contributed by atoms with E-state index in [2.05, 4.69) is 118 Å². The molecule has 0 aromatic heterocycles. The molecule has 0 spiro atoms. The largest absolute Gasteiger partial charge is 0.472 e. The maximum atomic E-state index is 12.9. The van der Waals surface area contributed by atoms with E-state index in [0.29, 0.717) is 19.3 Å². The summed E-state index contributed by atoms with van der Waals surface area (Å²) in [6.45, 7) is 4.36. The number of phosphoric acid groups is 1. The summed E-state index contributed by atoms with van der Waals surface area (Å²) in [6, 6.07) is 0. The first-order chi connectivity index (χ1) is 36.2. The molecule has 0 amide bonds. The minimum absolute atomic E-state index is 0.130. The van der Waals surface area contributed by atoms with Gasteiger partial charge in [0.1, 0.15) is 12.7 Å². The topological polar surface area (TPSA) is 155 Å². The number of carbonyl (C=O) groups excluding carboxylic acids is 3. The maximum Gasteiger partial charge on any atom is 0.472 e. The average molecular weight is 1060 g/mol. The summed E-state index contributed by atoms with van der Waals surface area (Å²) in [6.07, 6.45) is 65.0. The van der Waals surface area contributed by atoms with Gasteiger partial charge in [0.05, 0.1) is 19.8 Å². The summed E-state index contributed by atoms with van der Waals surface area (Å²) < 4.78 is 39.5. The van der Waals surface area contributed by atoms with Crippen LogP contribution < -0.4 is 0 Å². The molecule has 2 N–H and O–H groups in total. The summed E-state index contributed by atoms with van der Waals surface area (Å²) in [5, 5.41) is 9.81. The minimum Gasteiger partial charge on any atom is -0.462 e. The predicted octanol–water partition coefficient (Wildman–Crippen LogP) is 17.3. The molecule has 0 aliphatic heterocycles. The van der Waals surface area contributed by atoms with Gasteiger partial charge in [0.2, 0.25) is 0 Å². The van der Waals surface area contributed by atoms with Crippen LogP contribution in [-0.2, 0) is 42.2 Å². The third kappa shape index (κ3) is 53.2. The lowest BCUT2D eigenvalue weighted by Crippen LogP contribution is -2.30. The summed E-state index contributed by atoms with van der Waals surface area (Å²) in [7, 11) is -4.76. The Balaban J connectivity index is 4.81. The highest BCUT2D eigenvalue weighted by molar-refractivity contribution is 7.47. The molecule has 0 saturated heterocycles. The van der Waals surface area contributed by atoms with Gasteiger partial charge in [-0.1, -0.05) is 221 Å². The number of ether oxygens (including phenoxy) is 3. The smallest absolute Gasteiger partial charge is 0.462 e. The van der Waals surface area contributed by atoms with E-state index in [1.54, 1.807) is 0 Å². The van der Waals surface area contributed by atoms with Crippen LogP contribution in [0.3, 0.4) is 0 Å². The Bertz CT molecular complexity index is 1610. The van der Waals surface area contributed by atoms with Crippen LogP contribution in [0.1, 0.15) is 239 Å². The van der Waals surface area contributed by atoms with Crippen LogP contribution in [0.5, 0.6) is 0 Å². The van der Waals surface area contributed by atoms with Gasteiger partial charge in [-0.05, 0) is 96.3 Å². The van der Waals surface area contributed by atoms with Crippen LogP contribution in [0.25, 0.3) is 0 Å². The standard InChI is InChI=1S/C62H105O11P/c1-4-7-10-13-16-19-22-25-27-29-31-34-36-39-42-45-48-51-60(64)69-55-59(73-62(66)53-50-47-44-41-38-35-32-30-28-26-23-20-17-14-11-8-5-2)57-71-74(67,68)70-56-58(54-63)72-61(65)52-49-46-43-40-37-33-24-21-18-15-12-9-6-3/h7-8,10-11,16-17,19-20,25-28,31-32,34-35,58-59,63H,4-6,9,12-15,18,21-24,29-30,33,36-57H2,1-3H3,(H,67,68)/b10-7-,11-8-,19-16-,20-17-,27-25-,28-26-,34-31-,35-32-. The molecule has 0 saturated carbocycles. The number of aliphatic hydroxyl groups excluding tert-OH is 1. The van der Waals surface area contributed by atoms with Crippen LogP contribution in [-0.4, -0.2) is 66.5 Å². The van der Waals surface area contributed by atoms with E-state index in [9.17, 15) is 28.9 Å². The molecule has 0 aromatic rings. The number of hydrogen-bond donors (Lipinski definition) is 2. The van der Waals surface area contributed by atoms with Gasteiger partial charge in [-0.15, -0.1) is 0 Å². The van der Waals surface area contributed by atoms with Crippen LogP contribution in [0.15, 0.2) is 97.2 Å². The number of aliphatic hydroxyl groups is 1. The van der Waals surface area contributed by atoms with Crippen molar-refractivity contribution in [3.05, 3.63) is 97.2 Å². The molecular weight excluding hydrogens is 952 g/mol. The summed E-state index contributed by atoms with van der Waals surface area (Å²) in [5.41, 5.74) is 0. The molecular formula is C62H105O11P. The molecule has 0 aliphatic rings. The van der Waals surface area contributed by atoms with Crippen molar-refractivity contribution in [3.8, 4) is 0 Å². The molecule has 3 unspecified atom stereocenters. The minimum atomic E-state index is -4.76. The van der Waals surface area contributed by atoms with Crippen molar-refractivity contribution in [1.29, 1.82) is 0 Å². The molecule has 0 fully saturated rings. The van der Waals surface area contributed by atoms with E-state index >= 15 is 0 Å². The lowest BCUT2D eigenvalue weighted by atomic mass is 10.0. The lowest BCUT2D eigenvalue weighted by Gasteiger charge is -2.21. The molecule has 0 radical (unpaired) electrons. The highest BCUT2D eigenvalue weighted by Gasteiger charge is 2.28. The quantitative estimate of drug-likeness (QED) is 0.0197. The Kier molecular flexibility index (Phi) is 52.9. The van der Waals surface area contributed by atoms with E-state index in [0.717, 1.165) is 122 Å². The van der Waals surface area contributed by atoms with Crippen molar-refractivity contribution >= 4 is 25.7 Å². The predicted molar refractivity (Wildman–Crippen MR) is 307 cm³/mol. The van der Waals surface area contributed by atoms with E-state index in [-0.39, 0.29) is 25.9 Å². The van der Waals surface area contributed by atoms with Gasteiger partial charge in [0, 0.05) is 19.3 Å².